The summed E-state index contributed by atoms with van der Waals surface area (Å²) in [5, 5.41) is 3.28. The molecule has 2 saturated heterocycles. The number of carbonyl (C=O) groups excluding carboxylic acids is 2. The van der Waals surface area contributed by atoms with Gasteiger partial charge in [-0.15, -0.1) is 0 Å². The van der Waals surface area contributed by atoms with Gasteiger partial charge < -0.3 is 15.0 Å². The van der Waals surface area contributed by atoms with Crippen LogP contribution in [0.3, 0.4) is 0 Å². The van der Waals surface area contributed by atoms with Crippen LogP contribution in [-0.4, -0.2) is 74.1 Å². The molecule has 2 heterocycles. The normalized spacial score (nSPS) is 21.8. The lowest BCUT2D eigenvalue weighted by molar-refractivity contribution is -0.151. The molecule has 2 rings (SSSR count). The molecule has 0 atom stereocenters. The van der Waals surface area contributed by atoms with E-state index in [4.69, 9.17) is 4.74 Å². The Morgan fingerprint density at radius 1 is 1.15 bits per heavy atom. The highest BCUT2D eigenvalue weighted by molar-refractivity contribution is 5.79. The zero-order valence-electron chi connectivity index (χ0n) is 12.3. The minimum atomic E-state index is -0.110. The number of nitrogens with zero attached hydrogens (tertiary/aromatic N) is 2. The van der Waals surface area contributed by atoms with E-state index >= 15 is 0 Å². The Morgan fingerprint density at radius 3 is 2.40 bits per heavy atom. The zero-order chi connectivity index (χ0) is 14.4. The van der Waals surface area contributed by atoms with Gasteiger partial charge in [-0.25, -0.2) is 0 Å². The van der Waals surface area contributed by atoms with E-state index < -0.39 is 0 Å². The summed E-state index contributed by atoms with van der Waals surface area (Å²) >= 11 is 0. The van der Waals surface area contributed by atoms with E-state index in [9.17, 15) is 9.59 Å². The Morgan fingerprint density at radius 2 is 1.80 bits per heavy atom. The van der Waals surface area contributed by atoms with E-state index in [-0.39, 0.29) is 17.8 Å². The molecule has 0 unspecified atom stereocenters. The van der Waals surface area contributed by atoms with Crippen molar-refractivity contribution >= 4 is 11.9 Å². The third-order valence-electron chi connectivity index (χ3n) is 4.04. The number of ether oxygens (including phenoxy) is 1. The summed E-state index contributed by atoms with van der Waals surface area (Å²) in [5.41, 5.74) is 0. The van der Waals surface area contributed by atoms with Crippen LogP contribution in [0.4, 0.5) is 0 Å². The van der Waals surface area contributed by atoms with Gasteiger partial charge in [-0.2, -0.15) is 0 Å². The Bertz CT molecular complexity index is 335. The molecule has 0 radical (unpaired) electrons. The van der Waals surface area contributed by atoms with Crippen LogP contribution in [-0.2, 0) is 14.3 Å². The number of rotatable bonds is 4. The molecule has 20 heavy (non-hydrogen) atoms. The summed E-state index contributed by atoms with van der Waals surface area (Å²) in [5.74, 6) is 0.0501. The third-order valence-corrected chi connectivity index (χ3v) is 4.04. The maximum atomic E-state index is 12.2. The molecule has 0 aromatic rings. The average molecular weight is 283 g/mol. The molecule has 0 bridgehead atoms. The van der Waals surface area contributed by atoms with Crippen molar-refractivity contribution in [2.45, 2.75) is 19.8 Å². The molecule has 2 fully saturated rings. The first-order valence-corrected chi connectivity index (χ1v) is 7.58. The summed E-state index contributed by atoms with van der Waals surface area (Å²) in [4.78, 5) is 27.9. The van der Waals surface area contributed by atoms with E-state index in [2.05, 4.69) is 10.2 Å². The SMILES string of the molecule is CCOC(=O)C1CCN(C(=O)CN2CCNCC2)CC1. The van der Waals surface area contributed by atoms with Gasteiger partial charge in [0.15, 0.2) is 0 Å². The molecule has 0 aromatic carbocycles. The van der Waals surface area contributed by atoms with Crippen LogP contribution in [0.1, 0.15) is 19.8 Å². The zero-order valence-corrected chi connectivity index (χ0v) is 12.3. The Hall–Kier alpha value is -1.14. The van der Waals surface area contributed by atoms with Gasteiger partial charge in [-0.3, -0.25) is 14.5 Å². The lowest BCUT2D eigenvalue weighted by Crippen LogP contribution is -2.50. The molecule has 2 aliphatic rings. The molecule has 6 heteroatoms. The first-order chi connectivity index (χ1) is 9.70. The van der Waals surface area contributed by atoms with E-state index in [0.29, 0.717) is 26.2 Å². The summed E-state index contributed by atoms with van der Waals surface area (Å²) in [6, 6.07) is 0. The standard InChI is InChI=1S/C14H25N3O3/c1-2-20-14(19)12-3-7-17(8-4-12)13(18)11-16-9-5-15-6-10-16/h12,15H,2-11H2,1H3. The number of likely N-dealkylation sites (tertiary alicyclic amines) is 1. The smallest absolute Gasteiger partial charge is 0.309 e. The molecule has 1 amide bonds. The summed E-state index contributed by atoms with van der Waals surface area (Å²) < 4.78 is 5.04. The fraction of sp³-hybridized carbons (Fsp3) is 0.857. The summed E-state index contributed by atoms with van der Waals surface area (Å²) in [7, 11) is 0. The van der Waals surface area contributed by atoms with Gasteiger partial charge in [0.2, 0.25) is 5.91 Å². The molecule has 0 aliphatic carbocycles. The second-order valence-corrected chi connectivity index (χ2v) is 5.43. The fourth-order valence-electron chi connectivity index (χ4n) is 2.79. The van der Waals surface area contributed by atoms with Crippen molar-refractivity contribution in [3.05, 3.63) is 0 Å². The van der Waals surface area contributed by atoms with Crippen LogP contribution in [0.2, 0.25) is 0 Å². The first-order valence-electron chi connectivity index (χ1n) is 7.58. The van der Waals surface area contributed by atoms with Gasteiger partial charge in [-0.05, 0) is 19.8 Å². The minimum Gasteiger partial charge on any atom is -0.466 e. The molecular weight excluding hydrogens is 258 g/mol. The van der Waals surface area contributed by atoms with Crippen LogP contribution in [0, 0.1) is 5.92 Å². The van der Waals surface area contributed by atoms with Crippen molar-refractivity contribution < 1.29 is 14.3 Å². The fourth-order valence-corrected chi connectivity index (χ4v) is 2.79. The van der Waals surface area contributed by atoms with E-state index in [1.54, 1.807) is 0 Å². The highest BCUT2D eigenvalue weighted by atomic mass is 16.5. The number of amides is 1. The average Bonchev–Trinajstić information content (AvgIpc) is 2.48. The number of hydrogen-bond donors (Lipinski definition) is 1. The Kier molecular flexibility index (Phi) is 5.79. The number of piperazine rings is 1. The van der Waals surface area contributed by atoms with Gasteiger partial charge in [0.25, 0.3) is 0 Å². The molecule has 2 aliphatic heterocycles. The van der Waals surface area contributed by atoms with E-state index in [1.165, 1.54) is 0 Å². The second-order valence-electron chi connectivity index (χ2n) is 5.43. The van der Waals surface area contributed by atoms with Gasteiger partial charge in [0.1, 0.15) is 0 Å². The topological polar surface area (TPSA) is 61.9 Å². The molecular formula is C14H25N3O3. The van der Waals surface area contributed by atoms with Crippen LogP contribution in [0.15, 0.2) is 0 Å². The number of piperidine rings is 1. The van der Waals surface area contributed by atoms with Crippen LogP contribution in [0.5, 0.6) is 0 Å². The molecule has 114 valence electrons. The van der Waals surface area contributed by atoms with Crippen molar-refractivity contribution in [3.8, 4) is 0 Å². The molecule has 6 nitrogen and oxygen atoms in total. The predicted octanol–water partition coefficient (Wildman–Crippen LogP) is -0.307. The summed E-state index contributed by atoms with van der Waals surface area (Å²) in [6.45, 7) is 7.89. The van der Waals surface area contributed by atoms with Crippen molar-refractivity contribution in [2.24, 2.45) is 5.92 Å². The van der Waals surface area contributed by atoms with Gasteiger partial charge in [0, 0.05) is 39.3 Å². The third kappa shape index (κ3) is 4.18. The summed E-state index contributed by atoms with van der Waals surface area (Å²) in [6.07, 6.45) is 1.46. The van der Waals surface area contributed by atoms with Gasteiger partial charge in [0.05, 0.1) is 19.1 Å². The molecule has 0 spiro atoms. The lowest BCUT2D eigenvalue weighted by atomic mass is 9.97. The van der Waals surface area contributed by atoms with Crippen molar-refractivity contribution in [3.63, 3.8) is 0 Å². The Labute approximate surface area is 120 Å². The first kappa shape index (κ1) is 15.3. The second kappa shape index (κ2) is 7.59. The number of carbonyl (C=O) groups is 2. The van der Waals surface area contributed by atoms with Crippen LogP contribution >= 0.6 is 0 Å². The molecule has 1 N–H and O–H groups in total. The minimum absolute atomic E-state index is 0.0295. The maximum absolute atomic E-state index is 12.2. The van der Waals surface area contributed by atoms with E-state index in [1.807, 2.05) is 11.8 Å². The van der Waals surface area contributed by atoms with Crippen LogP contribution < -0.4 is 5.32 Å². The van der Waals surface area contributed by atoms with Crippen LogP contribution in [0.25, 0.3) is 0 Å². The maximum Gasteiger partial charge on any atom is 0.309 e. The number of nitrogens with one attached hydrogen (secondary N) is 1. The van der Waals surface area contributed by atoms with E-state index in [0.717, 1.165) is 39.0 Å². The van der Waals surface area contributed by atoms with Gasteiger partial charge in [-0.1, -0.05) is 0 Å². The highest BCUT2D eigenvalue weighted by Crippen LogP contribution is 2.18. The highest BCUT2D eigenvalue weighted by Gasteiger charge is 2.28. The molecule has 0 saturated carbocycles. The lowest BCUT2D eigenvalue weighted by Gasteiger charge is -2.33. The van der Waals surface area contributed by atoms with Crippen molar-refractivity contribution in [1.82, 2.24) is 15.1 Å². The number of hydrogen-bond acceptors (Lipinski definition) is 5. The van der Waals surface area contributed by atoms with Crippen molar-refractivity contribution in [2.75, 3.05) is 52.4 Å². The quantitative estimate of drug-likeness (QED) is 0.717. The van der Waals surface area contributed by atoms with Crippen molar-refractivity contribution in [1.29, 1.82) is 0 Å². The number of esters is 1. The van der Waals surface area contributed by atoms with Gasteiger partial charge >= 0.3 is 5.97 Å². The largest absolute Gasteiger partial charge is 0.466 e. The molecule has 0 aromatic heterocycles. The predicted molar refractivity (Wildman–Crippen MR) is 75.2 cm³/mol. The Balaban J connectivity index is 1.72. The monoisotopic (exact) mass is 283 g/mol.